The molecule has 0 spiro atoms. The van der Waals surface area contributed by atoms with E-state index in [-0.39, 0.29) is 16.6 Å². The van der Waals surface area contributed by atoms with E-state index in [4.69, 9.17) is 9.47 Å². The Kier molecular flexibility index (Phi) is 2.99. The van der Waals surface area contributed by atoms with E-state index < -0.39 is 9.84 Å². The molecule has 2 aromatic carbocycles. The van der Waals surface area contributed by atoms with Crippen LogP contribution in [0.5, 0.6) is 11.5 Å². The molecule has 2 aromatic rings. The van der Waals surface area contributed by atoms with Crippen molar-refractivity contribution in [1.82, 2.24) is 0 Å². The van der Waals surface area contributed by atoms with Crippen molar-refractivity contribution >= 4 is 14.7 Å². The van der Waals surface area contributed by atoms with Crippen LogP contribution >= 0.6 is 0 Å². The van der Waals surface area contributed by atoms with Gasteiger partial charge in [-0.25, -0.2) is 8.42 Å². The fraction of sp³-hybridized carbons (Fsp3) is 0.0667. The summed E-state index contributed by atoms with van der Waals surface area (Å²) in [6, 6.07) is 13.2. The molecule has 0 bridgehead atoms. The summed E-state index contributed by atoms with van der Waals surface area (Å²) in [7, 11) is -3.60. The first kappa shape index (κ1) is 12.7. The van der Waals surface area contributed by atoms with Gasteiger partial charge in [-0.3, -0.25) is 0 Å². The molecular formula is C15H12O4S. The summed E-state index contributed by atoms with van der Waals surface area (Å²) in [6.45, 7) is 3.86. The van der Waals surface area contributed by atoms with Gasteiger partial charge in [0.15, 0.2) is 11.5 Å². The molecule has 5 heteroatoms. The van der Waals surface area contributed by atoms with E-state index in [0.717, 1.165) is 0 Å². The number of rotatable bonds is 3. The highest BCUT2D eigenvalue weighted by atomic mass is 32.2. The van der Waals surface area contributed by atoms with Crippen molar-refractivity contribution < 1.29 is 17.9 Å². The van der Waals surface area contributed by atoms with E-state index in [9.17, 15) is 8.42 Å². The molecule has 0 N–H and O–H groups in total. The Bertz CT molecular complexity index is 764. The molecule has 0 saturated carbocycles. The first-order chi connectivity index (χ1) is 9.59. The second kappa shape index (κ2) is 4.68. The molecule has 0 atom stereocenters. The van der Waals surface area contributed by atoms with Crippen LogP contribution in [0.3, 0.4) is 0 Å². The lowest BCUT2D eigenvalue weighted by Gasteiger charge is -2.08. The largest absolute Gasteiger partial charge is 0.454 e. The van der Waals surface area contributed by atoms with Crippen LogP contribution in [0.15, 0.2) is 60.0 Å². The van der Waals surface area contributed by atoms with Gasteiger partial charge < -0.3 is 9.47 Å². The van der Waals surface area contributed by atoms with Gasteiger partial charge in [0.2, 0.25) is 16.6 Å². The Morgan fingerprint density at radius 3 is 2.45 bits per heavy atom. The zero-order valence-electron chi connectivity index (χ0n) is 10.6. The average molecular weight is 288 g/mol. The third kappa shape index (κ3) is 2.06. The molecule has 1 heterocycles. The zero-order chi connectivity index (χ0) is 14.2. The Labute approximate surface area is 117 Å². The van der Waals surface area contributed by atoms with Crippen molar-refractivity contribution in [2.75, 3.05) is 6.79 Å². The summed E-state index contributed by atoms with van der Waals surface area (Å²) in [5.41, 5.74) is 0.498. The molecule has 0 saturated heterocycles. The van der Waals surface area contributed by atoms with Gasteiger partial charge in [-0.15, -0.1) is 0 Å². The lowest BCUT2D eigenvalue weighted by atomic mass is 10.2. The smallest absolute Gasteiger partial charge is 0.231 e. The van der Waals surface area contributed by atoms with Crippen LogP contribution in [0, 0.1) is 0 Å². The number of hydrogen-bond acceptors (Lipinski definition) is 4. The highest BCUT2D eigenvalue weighted by Gasteiger charge is 2.22. The number of hydrogen-bond donors (Lipinski definition) is 0. The number of ether oxygens (including phenoxy) is 2. The summed E-state index contributed by atoms with van der Waals surface area (Å²) in [5, 5.41) is 0. The lowest BCUT2D eigenvalue weighted by Crippen LogP contribution is -2.03. The molecule has 20 heavy (non-hydrogen) atoms. The number of fused-ring (bicyclic) bond motifs is 1. The minimum absolute atomic E-state index is 0.0435. The molecule has 0 aromatic heterocycles. The van der Waals surface area contributed by atoms with E-state index in [1.807, 2.05) is 0 Å². The third-order valence-electron chi connectivity index (χ3n) is 3.07. The number of benzene rings is 2. The molecular weight excluding hydrogens is 276 g/mol. The van der Waals surface area contributed by atoms with Crippen LogP contribution in [-0.2, 0) is 9.84 Å². The fourth-order valence-corrected chi connectivity index (χ4v) is 3.20. The fourth-order valence-electron chi connectivity index (χ4n) is 1.97. The van der Waals surface area contributed by atoms with E-state index in [1.54, 1.807) is 48.5 Å². The summed E-state index contributed by atoms with van der Waals surface area (Å²) in [4.78, 5) is 0.268. The van der Waals surface area contributed by atoms with Crippen molar-refractivity contribution in [3.63, 3.8) is 0 Å². The predicted octanol–water partition coefficient (Wildman–Crippen LogP) is 2.86. The van der Waals surface area contributed by atoms with Crippen molar-refractivity contribution in [3.05, 3.63) is 60.7 Å². The van der Waals surface area contributed by atoms with Crippen molar-refractivity contribution in [2.24, 2.45) is 0 Å². The highest BCUT2D eigenvalue weighted by molar-refractivity contribution is 8.00. The average Bonchev–Trinajstić information content (AvgIpc) is 2.94. The SMILES string of the molecule is C=C(c1ccc2c(c1)OCO2)S(=O)(=O)c1ccccc1. The third-order valence-corrected chi connectivity index (χ3v) is 4.85. The van der Waals surface area contributed by atoms with Gasteiger partial charge in [0.1, 0.15) is 0 Å². The molecule has 4 nitrogen and oxygen atoms in total. The molecule has 0 amide bonds. The zero-order valence-corrected chi connectivity index (χ0v) is 11.4. The Morgan fingerprint density at radius 2 is 1.70 bits per heavy atom. The Balaban J connectivity index is 2.01. The van der Waals surface area contributed by atoms with Gasteiger partial charge in [0.05, 0.1) is 9.80 Å². The minimum Gasteiger partial charge on any atom is -0.454 e. The predicted molar refractivity (Wildman–Crippen MR) is 75.2 cm³/mol. The van der Waals surface area contributed by atoms with Gasteiger partial charge in [0.25, 0.3) is 0 Å². The van der Waals surface area contributed by atoms with E-state index in [0.29, 0.717) is 17.1 Å². The van der Waals surface area contributed by atoms with E-state index in [2.05, 4.69) is 6.58 Å². The molecule has 0 aliphatic carbocycles. The van der Waals surface area contributed by atoms with E-state index in [1.165, 1.54) is 0 Å². The van der Waals surface area contributed by atoms with Gasteiger partial charge in [-0.05, 0) is 35.9 Å². The molecule has 0 radical (unpaired) electrons. The van der Waals surface area contributed by atoms with Crippen molar-refractivity contribution in [3.8, 4) is 11.5 Å². The van der Waals surface area contributed by atoms with Crippen LogP contribution in [0.2, 0.25) is 0 Å². The maximum Gasteiger partial charge on any atom is 0.231 e. The normalized spacial score (nSPS) is 13.2. The first-order valence-corrected chi connectivity index (χ1v) is 7.46. The highest BCUT2D eigenvalue weighted by Crippen LogP contribution is 2.36. The maximum absolute atomic E-state index is 12.5. The summed E-state index contributed by atoms with van der Waals surface area (Å²) in [6.07, 6.45) is 0. The van der Waals surface area contributed by atoms with Crippen molar-refractivity contribution in [1.29, 1.82) is 0 Å². The molecule has 102 valence electrons. The molecule has 0 fully saturated rings. The summed E-state index contributed by atoms with van der Waals surface area (Å²) >= 11 is 0. The lowest BCUT2D eigenvalue weighted by molar-refractivity contribution is 0.174. The second-order valence-electron chi connectivity index (χ2n) is 4.31. The maximum atomic E-state index is 12.5. The van der Waals surface area contributed by atoms with Gasteiger partial charge in [0, 0.05) is 0 Å². The first-order valence-electron chi connectivity index (χ1n) is 5.98. The summed E-state index contributed by atoms with van der Waals surface area (Å²) < 4.78 is 35.4. The van der Waals surface area contributed by atoms with E-state index >= 15 is 0 Å². The monoisotopic (exact) mass is 288 g/mol. The van der Waals surface area contributed by atoms with Crippen LogP contribution in [0.1, 0.15) is 5.56 Å². The molecule has 1 aliphatic heterocycles. The minimum atomic E-state index is -3.60. The topological polar surface area (TPSA) is 52.6 Å². The van der Waals surface area contributed by atoms with Crippen molar-refractivity contribution in [2.45, 2.75) is 4.90 Å². The van der Waals surface area contributed by atoms with Crippen LogP contribution < -0.4 is 9.47 Å². The molecule has 1 aliphatic rings. The number of sulfone groups is 1. The van der Waals surface area contributed by atoms with Gasteiger partial charge >= 0.3 is 0 Å². The summed E-state index contributed by atoms with van der Waals surface area (Å²) in [5.74, 6) is 1.14. The quantitative estimate of drug-likeness (QED) is 0.871. The molecule has 0 unspecified atom stereocenters. The Morgan fingerprint density at radius 1 is 1.00 bits per heavy atom. The van der Waals surface area contributed by atoms with Crippen LogP contribution in [-0.4, -0.2) is 15.2 Å². The molecule has 3 rings (SSSR count). The van der Waals surface area contributed by atoms with Crippen LogP contribution in [0.25, 0.3) is 4.91 Å². The van der Waals surface area contributed by atoms with Gasteiger partial charge in [-0.2, -0.15) is 0 Å². The standard InChI is InChI=1S/C15H12O4S/c1-11(20(16,17)13-5-3-2-4-6-13)12-7-8-14-15(9-12)19-10-18-14/h2-9H,1,10H2. The Hall–Kier alpha value is -2.27. The van der Waals surface area contributed by atoms with Gasteiger partial charge in [-0.1, -0.05) is 24.8 Å². The van der Waals surface area contributed by atoms with Crippen LogP contribution in [0.4, 0.5) is 0 Å². The second-order valence-corrected chi connectivity index (χ2v) is 6.28.